The first-order valence-corrected chi connectivity index (χ1v) is 8.93. The Kier molecular flexibility index (Phi) is 4.15. The van der Waals surface area contributed by atoms with Gasteiger partial charge in [0.2, 0.25) is 0 Å². The van der Waals surface area contributed by atoms with Gasteiger partial charge in [0.1, 0.15) is 11.3 Å². The lowest BCUT2D eigenvalue weighted by molar-refractivity contribution is 0.419. The highest BCUT2D eigenvalue weighted by Gasteiger charge is 2.17. The van der Waals surface area contributed by atoms with Crippen molar-refractivity contribution in [2.45, 2.75) is 18.7 Å². The van der Waals surface area contributed by atoms with Gasteiger partial charge in [0.15, 0.2) is 0 Å². The minimum absolute atomic E-state index is 0.220. The Hall–Kier alpha value is -2.60. The van der Waals surface area contributed by atoms with Crippen LogP contribution in [0.1, 0.15) is 11.3 Å². The molecule has 3 aromatic rings. The van der Waals surface area contributed by atoms with Crippen molar-refractivity contribution in [3.8, 4) is 5.75 Å². The SMILES string of the molecule is COc1ccc(NS(=O)(=O)c2ccc(C)cc2)c2ccc(C)nc12. The number of nitrogens with one attached hydrogen (secondary N) is 1. The second-order valence-corrected chi connectivity index (χ2v) is 7.27. The molecule has 124 valence electrons. The maximum atomic E-state index is 12.6. The molecule has 0 aliphatic heterocycles. The number of pyridine rings is 1. The number of benzene rings is 2. The highest BCUT2D eigenvalue weighted by Crippen LogP contribution is 2.31. The molecule has 6 heteroatoms. The molecule has 24 heavy (non-hydrogen) atoms. The Morgan fingerprint density at radius 1 is 0.958 bits per heavy atom. The van der Waals surface area contributed by atoms with Gasteiger partial charge in [-0.05, 0) is 50.2 Å². The van der Waals surface area contributed by atoms with Crippen molar-refractivity contribution in [1.82, 2.24) is 4.98 Å². The quantitative estimate of drug-likeness (QED) is 0.785. The fraction of sp³-hybridized carbons (Fsp3) is 0.167. The number of aromatic nitrogens is 1. The lowest BCUT2D eigenvalue weighted by atomic mass is 10.1. The topological polar surface area (TPSA) is 68.3 Å². The number of fused-ring (bicyclic) bond motifs is 1. The third-order valence-corrected chi connectivity index (χ3v) is 5.14. The van der Waals surface area contributed by atoms with Crippen molar-refractivity contribution in [3.63, 3.8) is 0 Å². The van der Waals surface area contributed by atoms with Gasteiger partial charge in [-0.1, -0.05) is 17.7 Å². The fourth-order valence-electron chi connectivity index (χ4n) is 2.46. The zero-order valence-corrected chi connectivity index (χ0v) is 14.5. The van der Waals surface area contributed by atoms with Crippen LogP contribution in [0.3, 0.4) is 0 Å². The van der Waals surface area contributed by atoms with Gasteiger partial charge in [-0.2, -0.15) is 0 Å². The number of anilines is 1. The molecule has 1 heterocycles. The molecular formula is C18H18N2O3S. The van der Waals surface area contributed by atoms with E-state index in [0.29, 0.717) is 22.3 Å². The summed E-state index contributed by atoms with van der Waals surface area (Å²) in [4.78, 5) is 4.68. The van der Waals surface area contributed by atoms with E-state index in [-0.39, 0.29) is 4.90 Å². The zero-order chi connectivity index (χ0) is 17.3. The molecule has 0 aliphatic rings. The molecular weight excluding hydrogens is 324 g/mol. The Morgan fingerprint density at radius 2 is 1.67 bits per heavy atom. The summed E-state index contributed by atoms with van der Waals surface area (Å²) in [7, 11) is -2.11. The van der Waals surface area contributed by atoms with Crippen LogP contribution < -0.4 is 9.46 Å². The predicted octanol–water partition coefficient (Wildman–Crippen LogP) is 3.66. The number of nitrogens with zero attached hydrogens (tertiary/aromatic N) is 1. The Balaban J connectivity index is 2.08. The molecule has 0 saturated carbocycles. The van der Waals surface area contributed by atoms with Crippen LogP contribution >= 0.6 is 0 Å². The van der Waals surface area contributed by atoms with E-state index in [1.165, 1.54) is 0 Å². The lowest BCUT2D eigenvalue weighted by Crippen LogP contribution is -2.13. The zero-order valence-electron chi connectivity index (χ0n) is 13.7. The fourth-order valence-corrected chi connectivity index (χ4v) is 3.54. The van der Waals surface area contributed by atoms with Crippen molar-refractivity contribution in [2.75, 3.05) is 11.8 Å². The molecule has 1 N–H and O–H groups in total. The van der Waals surface area contributed by atoms with Crippen LogP contribution in [0.25, 0.3) is 10.9 Å². The molecule has 0 saturated heterocycles. The Bertz CT molecular complexity index is 997. The first kappa shape index (κ1) is 16.3. The van der Waals surface area contributed by atoms with Gasteiger partial charge in [0.25, 0.3) is 10.0 Å². The summed E-state index contributed by atoms with van der Waals surface area (Å²) in [5, 5.41) is 0.690. The van der Waals surface area contributed by atoms with E-state index in [4.69, 9.17) is 4.74 Å². The molecule has 1 aromatic heterocycles. The molecule has 0 fully saturated rings. The monoisotopic (exact) mass is 342 g/mol. The van der Waals surface area contributed by atoms with E-state index in [1.54, 1.807) is 43.5 Å². The van der Waals surface area contributed by atoms with E-state index < -0.39 is 10.0 Å². The standard InChI is InChI=1S/C18H18N2O3S/c1-12-4-7-14(8-5-12)24(21,22)20-16-10-11-17(23-3)18-15(16)9-6-13(2)19-18/h4-11,20H,1-3H3. The van der Waals surface area contributed by atoms with Gasteiger partial charge in [-0.15, -0.1) is 0 Å². The summed E-state index contributed by atoms with van der Waals surface area (Å²) >= 11 is 0. The highest BCUT2D eigenvalue weighted by atomic mass is 32.2. The van der Waals surface area contributed by atoms with E-state index in [1.807, 2.05) is 26.0 Å². The van der Waals surface area contributed by atoms with E-state index in [9.17, 15) is 8.42 Å². The van der Waals surface area contributed by atoms with Crippen LogP contribution in [0, 0.1) is 13.8 Å². The van der Waals surface area contributed by atoms with Crippen LogP contribution in [0.2, 0.25) is 0 Å². The molecule has 0 atom stereocenters. The van der Waals surface area contributed by atoms with Crippen LogP contribution in [0.5, 0.6) is 5.75 Å². The number of sulfonamides is 1. The normalized spacial score (nSPS) is 11.5. The molecule has 0 amide bonds. The highest BCUT2D eigenvalue weighted by molar-refractivity contribution is 7.92. The largest absolute Gasteiger partial charge is 0.494 e. The summed E-state index contributed by atoms with van der Waals surface area (Å²) < 4.78 is 33.2. The number of ether oxygens (including phenoxy) is 1. The third-order valence-electron chi connectivity index (χ3n) is 3.75. The van der Waals surface area contributed by atoms with E-state index in [2.05, 4.69) is 9.71 Å². The van der Waals surface area contributed by atoms with Crippen LogP contribution in [-0.2, 0) is 10.0 Å². The third kappa shape index (κ3) is 3.05. The molecule has 0 spiro atoms. The summed E-state index contributed by atoms with van der Waals surface area (Å²) in [5.41, 5.74) is 2.93. The average molecular weight is 342 g/mol. The van der Waals surface area contributed by atoms with Crippen LogP contribution in [0.4, 0.5) is 5.69 Å². The Morgan fingerprint density at radius 3 is 2.33 bits per heavy atom. The first-order valence-electron chi connectivity index (χ1n) is 7.44. The number of methoxy groups -OCH3 is 1. The van der Waals surface area contributed by atoms with Crippen LogP contribution in [0.15, 0.2) is 53.4 Å². The van der Waals surface area contributed by atoms with Gasteiger partial charge in [0.05, 0.1) is 17.7 Å². The van der Waals surface area contributed by atoms with Gasteiger partial charge in [-0.3, -0.25) is 4.72 Å². The number of aryl methyl sites for hydroxylation is 2. The lowest BCUT2D eigenvalue weighted by Gasteiger charge is -2.13. The van der Waals surface area contributed by atoms with Gasteiger partial charge >= 0.3 is 0 Å². The average Bonchev–Trinajstić information content (AvgIpc) is 2.55. The second kappa shape index (κ2) is 6.13. The summed E-state index contributed by atoms with van der Waals surface area (Å²) in [6.45, 7) is 3.79. The molecule has 0 unspecified atom stereocenters. The second-order valence-electron chi connectivity index (χ2n) is 5.58. The maximum absolute atomic E-state index is 12.6. The van der Waals surface area contributed by atoms with Crippen LogP contribution in [-0.4, -0.2) is 20.5 Å². The molecule has 0 aliphatic carbocycles. The maximum Gasteiger partial charge on any atom is 0.261 e. The molecule has 3 rings (SSSR count). The minimum Gasteiger partial charge on any atom is -0.494 e. The van der Waals surface area contributed by atoms with Gasteiger partial charge in [0, 0.05) is 11.1 Å². The number of rotatable bonds is 4. The summed E-state index contributed by atoms with van der Waals surface area (Å²) in [6.07, 6.45) is 0. The summed E-state index contributed by atoms with van der Waals surface area (Å²) in [6, 6.07) is 13.8. The van der Waals surface area contributed by atoms with E-state index in [0.717, 1.165) is 11.3 Å². The first-order chi connectivity index (χ1) is 11.4. The number of hydrogen-bond donors (Lipinski definition) is 1. The molecule has 0 radical (unpaired) electrons. The molecule has 0 bridgehead atoms. The van der Waals surface area contributed by atoms with Crippen molar-refractivity contribution in [3.05, 3.63) is 59.8 Å². The smallest absolute Gasteiger partial charge is 0.261 e. The van der Waals surface area contributed by atoms with Gasteiger partial charge < -0.3 is 4.74 Å². The minimum atomic E-state index is -3.67. The molecule has 5 nitrogen and oxygen atoms in total. The van der Waals surface area contributed by atoms with Gasteiger partial charge in [-0.25, -0.2) is 13.4 Å². The number of hydrogen-bond acceptors (Lipinski definition) is 4. The van der Waals surface area contributed by atoms with Crippen molar-refractivity contribution in [2.24, 2.45) is 0 Å². The molecule has 2 aromatic carbocycles. The van der Waals surface area contributed by atoms with E-state index >= 15 is 0 Å². The van der Waals surface area contributed by atoms with Crippen molar-refractivity contribution in [1.29, 1.82) is 0 Å². The Labute approximate surface area is 141 Å². The summed E-state index contributed by atoms with van der Waals surface area (Å²) in [5.74, 6) is 0.604. The van der Waals surface area contributed by atoms with Crippen molar-refractivity contribution >= 4 is 26.6 Å². The van der Waals surface area contributed by atoms with Crippen molar-refractivity contribution < 1.29 is 13.2 Å². The predicted molar refractivity (Wildman–Crippen MR) is 95.0 cm³/mol.